The Balaban J connectivity index is 2.15. The van der Waals surface area contributed by atoms with E-state index in [-0.39, 0.29) is 10.6 Å². The molecule has 2 aromatic rings. The maximum Gasteiger partial charge on any atom is 0.287 e. The lowest BCUT2D eigenvalue weighted by molar-refractivity contribution is 0.653. The van der Waals surface area contributed by atoms with Crippen LogP contribution < -0.4 is 10.9 Å². The van der Waals surface area contributed by atoms with E-state index in [1.807, 2.05) is 11.4 Å². The number of nitrogens with zero attached hydrogens (tertiary/aromatic N) is 2. The minimum absolute atomic E-state index is 0.146. The van der Waals surface area contributed by atoms with Crippen LogP contribution in [0.5, 0.6) is 0 Å². The molecular formula is C12H11BrClN3OS. The summed E-state index contributed by atoms with van der Waals surface area (Å²) in [6, 6.07) is 2.01. The number of thiophene rings is 1. The van der Waals surface area contributed by atoms with Gasteiger partial charge in [-0.15, -0.1) is 17.9 Å². The fourth-order valence-corrected chi connectivity index (χ4v) is 3.07. The third-order valence-electron chi connectivity index (χ3n) is 2.36. The highest BCUT2D eigenvalue weighted by atomic mass is 79.9. The molecule has 0 bridgehead atoms. The summed E-state index contributed by atoms with van der Waals surface area (Å²) in [6.45, 7) is 4.51. The number of hydrogen-bond donors (Lipinski definition) is 1. The highest BCUT2D eigenvalue weighted by Crippen LogP contribution is 2.22. The van der Waals surface area contributed by atoms with Crippen LogP contribution in [0.25, 0.3) is 0 Å². The minimum atomic E-state index is -0.320. The lowest BCUT2D eigenvalue weighted by atomic mass is 10.4. The van der Waals surface area contributed by atoms with Crippen molar-refractivity contribution in [3.8, 4) is 0 Å². The Labute approximate surface area is 127 Å². The van der Waals surface area contributed by atoms with Crippen LogP contribution in [0.1, 0.15) is 4.88 Å². The van der Waals surface area contributed by atoms with Crippen molar-refractivity contribution in [1.82, 2.24) is 9.78 Å². The van der Waals surface area contributed by atoms with Gasteiger partial charge in [0.2, 0.25) is 0 Å². The van der Waals surface area contributed by atoms with Crippen molar-refractivity contribution in [2.75, 3.05) is 5.32 Å². The van der Waals surface area contributed by atoms with Gasteiger partial charge >= 0.3 is 0 Å². The molecule has 0 saturated carbocycles. The molecule has 2 aromatic heterocycles. The third kappa shape index (κ3) is 3.46. The van der Waals surface area contributed by atoms with E-state index < -0.39 is 0 Å². The first-order valence-electron chi connectivity index (χ1n) is 5.45. The van der Waals surface area contributed by atoms with Gasteiger partial charge in [0.1, 0.15) is 5.02 Å². The predicted octanol–water partition coefficient (Wildman–Crippen LogP) is 3.52. The van der Waals surface area contributed by atoms with Crippen LogP contribution in [0.4, 0.5) is 5.69 Å². The quantitative estimate of drug-likeness (QED) is 0.830. The van der Waals surface area contributed by atoms with Crippen molar-refractivity contribution in [3.63, 3.8) is 0 Å². The van der Waals surface area contributed by atoms with Crippen LogP contribution in [0.2, 0.25) is 5.02 Å². The Morgan fingerprint density at radius 1 is 1.63 bits per heavy atom. The largest absolute Gasteiger partial charge is 0.377 e. The van der Waals surface area contributed by atoms with Gasteiger partial charge in [-0.1, -0.05) is 17.7 Å². The molecule has 0 amide bonds. The molecule has 2 heterocycles. The first-order chi connectivity index (χ1) is 9.11. The molecule has 0 aromatic carbocycles. The van der Waals surface area contributed by atoms with Crippen molar-refractivity contribution in [2.45, 2.75) is 13.1 Å². The summed E-state index contributed by atoms with van der Waals surface area (Å²) in [5, 5.41) is 9.28. The van der Waals surface area contributed by atoms with Crippen LogP contribution in [-0.2, 0) is 13.1 Å². The smallest absolute Gasteiger partial charge is 0.287 e. The molecule has 100 valence electrons. The average molecular weight is 361 g/mol. The number of nitrogens with one attached hydrogen (secondary N) is 1. The Bertz CT molecular complexity index is 653. The molecule has 0 spiro atoms. The van der Waals surface area contributed by atoms with Crippen molar-refractivity contribution in [2.24, 2.45) is 0 Å². The van der Waals surface area contributed by atoms with E-state index in [0.29, 0.717) is 18.8 Å². The first-order valence-corrected chi connectivity index (χ1v) is 7.50. The van der Waals surface area contributed by atoms with Crippen LogP contribution in [0.15, 0.2) is 39.6 Å². The van der Waals surface area contributed by atoms with Gasteiger partial charge in [0.15, 0.2) is 0 Å². The molecular weight excluding hydrogens is 350 g/mol. The van der Waals surface area contributed by atoms with E-state index >= 15 is 0 Å². The predicted molar refractivity (Wildman–Crippen MR) is 83.0 cm³/mol. The molecule has 0 fully saturated rings. The number of halogens is 2. The zero-order valence-corrected chi connectivity index (χ0v) is 13.1. The van der Waals surface area contributed by atoms with E-state index in [0.717, 1.165) is 9.35 Å². The first kappa shape index (κ1) is 14.3. The van der Waals surface area contributed by atoms with E-state index in [2.05, 4.69) is 32.9 Å². The topological polar surface area (TPSA) is 46.9 Å². The average Bonchev–Trinajstić information content (AvgIpc) is 2.80. The molecule has 0 aliphatic carbocycles. The monoisotopic (exact) mass is 359 g/mol. The van der Waals surface area contributed by atoms with E-state index in [9.17, 15) is 4.79 Å². The van der Waals surface area contributed by atoms with Crippen LogP contribution >= 0.6 is 38.9 Å². The van der Waals surface area contributed by atoms with E-state index in [4.69, 9.17) is 11.6 Å². The summed E-state index contributed by atoms with van der Waals surface area (Å²) in [6.07, 6.45) is 3.15. The van der Waals surface area contributed by atoms with Crippen molar-refractivity contribution in [3.05, 3.63) is 55.0 Å². The summed E-state index contributed by atoms with van der Waals surface area (Å²) >= 11 is 11.0. The number of hydrogen-bond acceptors (Lipinski definition) is 4. The van der Waals surface area contributed by atoms with Crippen LogP contribution in [0, 0.1) is 0 Å². The lowest BCUT2D eigenvalue weighted by Crippen LogP contribution is -2.23. The standard InChI is InChI=1S/C12H11BrClN3OS/c1-2-3-17-12(18)11(14)10(6-16-17)15-5-9-4-8(13)7-19-9/h2,4,6-7,15H,1,3,5H2. The number of aromatic nitrogens is 2. The maximum atomic E-state index is 11.9. The molecule has 0 saturated heterocycles. The van der Waals surface area contributed by atoms with Gasteiger partial charge in [-0.3, -0.25) is 4.79 Å². The molecule has 0 radical (unpaired) electrons. The van der Waals surface area contributed by atoms with Crippen molar-refractivity contribution >= 4 is 44.6 Å². The van der Waals surface area contributed by atoms with Gasteiger partial charge < -0.3 is 5.32 Å². The van der Waals surface area contributed by atoms with Gasteiger partial charge in [0.05, 0.1) is 18.4 Å². The normalized spacial score (nSPS) is 10.4. The maximum absolute atomic E-state index is 11.9. The zero-order chi connectivity index (χ0) is 13.8. The molecule has 0 aliphatic rings. The Kier molecular flexibility index (Phi) is 4.79. The molecule has 19 heavy (non-hydrogen) atoms. The minimum Gasteiger partial charge on any atom is -0.377 e. The van der Waals surface area contributed by atoms with Gasteiger partial charge in [-0.25, -0.2) is 4.68 Å². The second-order valence-electron chi connectivity index (χ2n) is 3.73. The highest BCUT2D eigenvalue weighted by molar-refractivity contribution is 9.10. The lowest BCUT2D eigenvalue weighted by Gasteiger charge is -2.08. The molecule has 1 N–H and O–H groups in total. The molecule has 0 unspecified atom stereocenters. The second kappa shape index (κ2) is 6.36. The number of rotatable bonds is 5. The number of allylic oxidation sites excluding steroid dienone is 1. The molecule has 7 heteroatoms. The summed E-state index contributed by atoms with van der Waals surface area (Å²) in [5.74, 6) is 0. The van der Waals surface area contributed by atoms with E-state index in [1.165, 1.54) is 4.68 Å². The highest BCUT2D eigenvalue weighted by Gasteiger charge is 2.08. The molecule has 2 rings (SSSR count). The fourth-order valence-electron chi connectivity index (χ4n) is 1.47. The van der Waals surface area contributed by atoms with Gasteiger partial charge in [-0.2, -0.15) is 5.10 Å². The molecule has 0 atom stereocenters. The second-order valence-corrected chi connectivity index (χ2v) is 6.02. The number of anilines is 1. The summed E-state index contributed by atoms with van der Waals surface area (Å²) in [7, 11) is 0. The molecule has 0 aliphatic heterocycles. The summed E-state index contributed by atoms with van der Waals surface area (Å²) in [5.41, 5.74) is 0.218. The summed E-state index contributed by atoms with van der Waals surface area (Å²) in [4.78, 5) is 13.0. The SMILES string of the molecule is C=CCn1ncc(NCc2cc(Br)cs2)c(Cl)c1=O. The van der Waals surface area contributed by atoms with Gasteiger partial charge in [0, 0.05) is 21.3 Å². The van der Waals surface area contributed by atoms with Crippen LogP contribution in [0.3, 0.4) is 0 Å². The van der Waals surface area contributed by atoms with Gasteiger partial charge in [-0.05, 0) is 22.0 Å². The Hall–Kier alpha value is -1.11. The zero-order valence-electron chi connectivity index (χ0n) is 9.90. The fraction of sp³-hybridized carbons (Fsp3) is 0.167. The third-order valence-corrected chi connectivity index (χ3v) is 4.42. The van der Waals surface area contributed by atoms with Gasteiger partial charge in [0.25, 0.3) is 5.56 Å². The van der Waals surface area contributed by atoms with Crippen molar-refractivity contribution in [1.29, 1.82) is 0 Å². The van der Waals surface area contributed by atoms with Crippen LogP contribution in [-0.4, -0.2) is 9.78 Å². The molecule has 4 nitrogen and oxygen atoms in total. The van der Waals surface area contributed by atoms with Crippen molar-refractivity contribution < 1.29 is 0 Å². The van der Waals surface area contributed by atoms with E-state index in [1.54, 1.807) is 23.6 Å². The summed E-state index contributed by atoms with van der Waals surface area (Å²) < 4.78 is 2.31. The Morgan fingerprint density at radius 2 is 2.42 bits per heavy atom. The Morgan fingerprint density at radius 3 is 3.05 bits per heavy atom.